The van der Waals surface area contributed by atoms with Crippen LogP contribution < -0.4 is 0 Å². The Bertz CT molecular complexity index is 504. The molecule has 16 heavy (non-hydrogen) atoms. The molecule has 1 atom stereocenters. The first-order chi connectivity index (χ1) is 7.58. The normalized spacial score (nSPS) is 12.8. The summed E-state index contributed by atoms with van der Waals surface area (Å²) in [5, 5.41) is 10.3. The zero-order valence-corrected chi connectivity index (χ0v) is 10.8. The molecule has 0 aliphatic heterocycles. The first kappa shape index (κ1) is 11.6. The molecular weight excluding hydrogens is 240 g/mol. The van der Waals surface area contributed by atoms with Crippen molar-refractivity contribution in [3.63, 3.8) is 0 Å². The fourth-order valence-electron chi connectivity index (χ4n) is 1.68. The lowest BCUT2D eigenvalue weighted by Crippen LogP contribution is -2.00. The van der Waals surface area contributed by atoms with Gasteiger partial charge >= 0.3 is 0 Å². The van der Waals surface area contributed by atoms with E-state index in [0.29, 0.717) is 4.34 Å². The van der Waals surface area contributed by atoms with Crippen molar-refractivity contribution in [2.45, 2.75) is 20.0 Å². The van der Waals surface area contributed by atoms with Crippen molar-refractivity contribution >= 4 is 22.9 Å². The number of halogens is 1. The number of rotatable bonds is 2. The molecular formula is C13H13ClOS. The van der Waals surface area contributed by atoms with Gasteiger partial charge < -0.3 is 5.11 Å². The second-order valence-corrected chi connectivity index (χ2v) is 5.65. The maximum absolute atomic E-state index is 10.3. The summed E-state index contributed by atoms with van der Waals surface area (Å²) in [5.74, 6) is 0. The molecule has 0 saturated carbocycles. The first-order valence-electron chi connectivity index (χ1n) is 5.08. The quantitative estimate of drug-likeness (QED) is 0.853. The SMILES string of the molecule is Cc1ccc(C)c(C(O)c2ccc(Cl)s2)c1. The first-order valence-corrected chi connectivity index (χ1v) is 6.28. The van der Waals surface area contributed by atoms with Gasteiger partial charge in [-0.15, -0.1) is 11.3 Å². The van der Waals surface area contributed by atoms with E-state index in [1.54, 1.807) is 0 Å². The minimum Gasteiger partial charge on any atom is -0.383 e. The summed E-state index contributed by atoms with van der Waals surface area (Å²) in [5.41, 5.74) is 3.21. The van der Waals surface area contributed by atoms with E-state index < -0.39 is 6.10 Å². The van der Waals surface area contributed by atoms with Gasteiger partial charge in [-0.25, -0.2) is 0 Å². The summed E-state index contributed by atoms with van der Waals surface area (Å²) >= 11 is 7.29. The molecule has 0 amide bonds. The summed E-state index contributed by atoms with van der Waals surface area (Å²) in [6.45, 7) is 4.03. The van der Waals surface area contributed by atoms with E-state index in [9.17, 15) is 5.11 Å². The number of benzene rings is 1. The molecule has 1 heterocycles. The van der Waals surface area contributed by atoms with Crippen LogP contribution in [0.1, 0.15) is 27.7 Å². The van der Waals surface area contributed by atoms with E-state index in [1.807, 2.05) is 44.2 Å². The van der Waals surface area contributed by atoms with E-state index in [1.165, 1.54) is 11.3 Å². The van der Waals surface area contributed by atoms with Crippen LogP contribution in [0.3, 0.4) is 0 Å². The van der Waals surface area contributed by atoms with Gasteiger partial charge in [-0.2, -0.15) is 0 Å². The molecule has 1 N–H and O–H groups in total. The van der Waals surface area contributed by atoms with Gasteiger partial charge in [0.25, 0.3) is 0 Å². The van der Waals surface area contributed by atoms with E-state index >= 15 is 0 Å². The Morgan fingerprint density at radius 2 is 1.94 bits per heavy atom. The molecule has 0 aliphatic rings. The highest BCUT2D eigenvalue weighted by molar-refractivity contribution is 7.16. The van der Waals surface area contributed by atoms with Gasteiger partial charge in [0.05, 0.1) is 4.34 Å². The Labute approximate surface area is 104 Å². The highest BCUT2D eigenvalue weighted by Gasteiger charge is 2.14. The number of aliphatic hydroxyl groups excluding tert-OH is 1. The van der Waals surface area contributed by atoms with E-state index in [2.05, 4.69) is 0 Å². The van der Waals surface area contributed by atoms with Crippen molar-refractivity contribution in [3.8, 4) is 0 Å². The van der Waals surface area contributed by atoms with Crippen molar-refractivity contribution in [3.05, 3.63) is 56.2 Å². The fraction of sp³-hybridized carbons (Fsp3) is 0.231. The Kier molecular flexibility index (Phi) is 3.33. The molecule has 0 spiro atoms. The number of hydrogen-bond acceptors (Lipinski definition) is 2. The van der Waals surface area contributed by atoms with Crippen LogP contribution in [0.2, 0.25) is 4.34 Å². The zero-order valence-electron chi connectivity index (χ0n) is 9.20. The fourth-order valence-corrected chi connectivity index (χ4v) is 2.75. The molecule has 84 valence electrons. The molecule has 1 aromatic carbocycles. The van der Waals surface area contributed by atoms with Crippen LogP contribution in [-0.4, -0.2) is 5.11 Å². The summed E-state index contributed by atoms with van der Waals surface area (Å²) in [6.07, 6.45) is -0.572. The van der Waals surface area contributed by atoms with Gasteiger partial charge in [0.1, 0.15) is 6.10 Å². The van der Waals surface area contributed by atoms with Crippen LogP contribution in [0.15, 0.2) is 30.3 Å². The second-order valence-electron chi connectivity index (χ2n) is 3.90. The molecule has 0 radical (unpaired) electrons. The largest absolute Gasteiger partial charge is 0.383 e. The Morgan fingerprint density at radius 1 is 1.19 bits per heavy atom. The van der Waals surface area contributed by atoms with Gasteiger partial charge in [-0.1, -0.05) is 35.4 Å². The number of thiophene rings is 1. The molecule has 0 aliphatic carbocycles. The predicted octanol–water partition coefficient (Wildman–Crippen LogP) is 4.10. The maximum atomic E-state index is 10.3. The van der Waals surface area contributed by atoms with Crippen LogP contribution in [0.25, 0.3) is 0 Å². The van der Waals surface area contributed by atoms with Crippen LogP contribution in [0.5, 0.6) is 0 Å². The number of aliphatic hydroxyl groups is 1. The van der Waals surface area contributed by atoms with Gasteiger partial charge in [-0.05, 0) is 37.1 Å². The Balaban J connectivity index is 2.40. The smallest absolute Gasteiger partial charge is 0.114 e. The lowest BCUT2D eigenvalue weighted by molar-refractivity contribution is 0.223. The summed E-state index contributed by atoms with van der Waals surface area (Å²) in [6, 6.07) is 9.79. The van der Waals surface area contributed by atoms with E-state index in [4.69, 9.17) is 11.6 Å². The zero-order chi connectivity index (χ0) is 11.7. The van der Waals surface area contributed by atoms with Gasteiger partial charge in [0, 0.05) is 4.88 Å². The minimum atomic E-state index is -0.572. The molecule has 2 rings (SSSR count). The molecule has 0 bridgehead atoms. The molecule has 2 aromatic rings. The molecule has 0 saturated heterocycles. The molecule has 3 heteroatoms. The summed E-state index contributed by atoms with van der Waals surface area (Å²) in [4.78, 5) is 0.888. The number of hydrogen-bond donors (Lipinski definition) is 1. The molecule has 1 unspecified atom stereocenters. The van der Waals surface area contributed by atoms with Gasteiger partial charge in [0.2, 0.25) is 0 Å². The van der Waals surface area contributed by atoms with E-state index in [-0.39, 0.29) is 0 Å². The highest BCUT2D eigenvalue weighted by atomic mass is 35.5. The minimum absolute atomic E-state index is 0.572. The predicted molar refractivity (Wildman–Crippen MR) is 69.3 cm³/mol. The monoisotopic (exact) mass is 252 g/mol. The van der Waals surface area contributed by atoms with Crippen molar-refractivity contribution in [2.75, 3.05) is 0 Å². The Morgan fingerprint density at radius 3 is 2.56 bits per heavy atom. The van der Waals surface area contributed by atoms with Gasteiger partial charge in [0.15, 0.2) is 0 Å². The van der Waals surface area contributed by atoms with Crippen LogP contribution in [-0.2, 0) is 0 Å². The third-order valence-electron chi connectivity index (χ3n) is 2.59. The topological polar surface area (TPSA) is 20.2 Å². The Hall–Kier alpha value is -0.830. The van der Waals surface area contributed by atoms with Crippen LogP contribution in [0, 0.1) is 13.8 Å². The molecule has 1 nitrogen and oxygen atoms in total. The van der Waals surface area contributed by atoms with Crippen molar-refractivity contribution in [2.24, 2.45) is 0 Å². The van der Waals surface area contributed by atoms with Crippen LogP contribution >= 0.6 is 22.9 Å². The van der Waals surface area contributed by atoms with Crippen molar-refractivity contribution in [1.29, 1.82) is 0 Å². The third-order valence-corrected chi connectivity index (χ3v) is 3.88. The average molecular weight is 253 g/mol. The summed E-state index contributed by atoms with van der Waals surface area (Å²) in [7, 11) is 0. The van der Waals surface area contributed by atoms with Crippen molar-refractivity contribution < 1.29 is 5.11 Å². The second kappa shape index (κ2) is 4.58. The summed E-state index contributed by atoms with van der Waals surface area (Å²) < 4.78 is 0.708. The molecule has 0 fully saturated rings. The lowest BCUT2D eigenvalue weighted by Gasteiger charge is -2.12. The van der Waals surface area contributed by atoms with Crippen LogP contribution in [0.4, 0.5) is 0 Å². The maximum Gasteiger partial charge on any atom is 0.114 e. The standard InChI is InChI=1S/C13H13ClOS/c1-8-3-4-9(2)10(7-8)13(15)11-5-6-12(14)16-11/h3-7,13,15H,1-2H3. The van der Waals surface area contributed by atoms with Crippen molar-refractivity contribution in [1.82, 2.24) is 0 Å². The molecule has 1 aromatic heterocycles. The third kappa shape index (κ3) is 2.29. The van der Waals surface area contributed by atoms with Gasteiger partial charge in [-0.3, -0.25) is 0 Å². The highest BCUT2D eigenvalue weighted by Crippen LogP contribution is 2.32. The number of aryl methyl sites for hydroxylation is 2. The average Bonchev–Trinajstić information content (AvgIpc) is 2.67. The lowest BCUT2D eigenvalue weighted by atomic mass is 10.00. The van der Waals surface area contributed by atoms with E-state index in [0.717, 1.165) is 21.6 Å².